The average molecular weight is 426 g/mol. The van der Waals surface area contributed by atoms with E-state index in [4.69, 9.17) is 23.8 Å². The van der Waals surface area contributed by atoms with Gasteiger partial charge in [-0.05, 0) is 0 Å². The molecule has 2 fully saturated rings. The molecule has 3 rings (SSSR count). The van der Waals surface area contributed by atoms with E-state index in [-0.39, 0.29) is 18.3 Å². The standard InChI is InChI=1S/C17H22N4O9/c1-8(2)14(22)26-7-9-11-12(29-17(25)28-11)13(27-9)21-6-5-10(18-15(21)23)19-30-16(24)20(3)4/h5-6,8-9,11-13H,7H2,1-4H3,(H,18,19,23)/t9-,11-,12-,13-/m1/s1. The van der Waals surface area contributed by atoms with Gasteiger partial charge in [-0.15, -0.1) is 0 Å². The minimum absolute atomic E-state index is 0.0110. The Morgan fingerprint density at radius 2 is 1.97 bits per heavy atom. The highest BCUT2D eigenvalue weighted by Crippen LogP contribution is 2.37. The van der Waals surface area contributed by atoms with Gasteiger partial charge in [0.1, 0.15) is 12.7 Å². The van der Waals surface area contributed by atoms with Crippen LogP contribution in [0.3, 0.4) is 0 Å². The molecule has 1 aromatic heterocycles. The summed E-state index contributed by atoms with van der Waals surface area (Å²) in [5.74, 6) is -0.790. The summed E-state index contributed by atoms with van der Waals surface area (Å²) < 4.78 is 22.3. The van der Waals surface area contributed by atoms with Crippen LogP contribution in [-0.2, 0) is 28.6 Å². The maximum Gasteiger partial charge on any atom is 0.509 e. The fraction of sp³-hybridized carbons (Fsp3) is 0.588. The van der Waals surface area contributed by atoms with Gasteiger partial charge >= 0.3 is 23.9 Å². The van der Waals surface area contributed by atoms with Gasteiger partial charge in [-0.25, -0.2) is 14.4 Å². The van der Waals surface area contributed by atoms with Gasteiger partial charge in [0.15, 0.2) is 24.3 Å². The fourth-order valence-electron chi connectivity index (χ4n) is 2.77. The normalized spacial score (nSPS) is 24.6. The van der Waals surface area contributed by atoms with Gasteiger partial charge in [0.25, 0.3) is 0 Å². The molecule has 0 saturated carbocycles. The molecule has 13 nitrogen and oxygen atoms in total. The van der Waals surface area contributed by atoms with Gasteiger partial charge in [0.05, 0.1) is 5.92 Å². The number of carbonyl (C=O) groups excluding carboxylic acids is 3. The van der Waals surface area contributed by atoms with E-state index >= 15 is 0 Å². The third kappa shape index (κ3) is 4.45. The molecule has 0 bridgehead atoms. The summed E-state index contributed by atoms with van der Waals surface area (Å²) in [5, 5.41) is 0. The molecule has 30 heavy (non-hydrogen) atoms. The minimum Gasteiger partial charge on any atom is -0.463 e. The number of anilines is 1. The Morgan fingerprint density at radius 1 is 1.27 bits per heavy atom. The van der Waals surface area contributed by atoms with Crippen molar-refractivity contribution in [2.45, 2.75) is 38.4 Å². The molecule has 2 aliphatic heterocycles. The highest BCUT2D eigenvalue weighted by atomic mass is 16.8. The third-order valence-corrected chi connectivity index (χ3v) is 4.32. The molecule has 1 aromatic rings. The molecule has 2 saturated heterocycles. The maximum absolute atomic E-state index is 12.5. The number of rotatable bonds is 6. The number of ether oxygens (including phenoxy) is 4. The summed E-state index contributed by atoms with van der Waals surface area (Å²) in [6.45, 7) is 3.19. The van der Waals surface area contributed by atoms with Crippen molar-refractivity contribution in [1.29, 1.82) is 0 Å². The van der Waals surface area contributed by atoms with Crippen LogP contribution in [0.15, 0.2) is 17.1 Å². The van der Waals surface area contributed by atoms with Gasteiger partial charge in [-0.3, -0.25) is 9.36 Å². The zero-order chi connectivity index (χ0) is 22.0. The quantitative estimate of drug-likeness (QED) is 0.379. The topological polar surface area (TPSA) is 148 Å². The van der Waals surface area contributed by atoms with Crippen molar-refractivity contribution in [2.24, 2.45) is 5.92 Å². The summed E-state index contributed by atoms with van der Waals surface area (Å²) in [4.78, 5) is 56.9. The van der Waals surface area contributed by atoms with Crippen molar-refractivity contribution in [3.63, 3.8) is 0 Å². The lowest BCUT2D eigenvalue weighted by atomic mass is 10.1. The van der Waals surface area contributed by atoms with E-state index < -0.39 is 48.4 Å². The van der Waals surface area contributed by atoms with E-state index in [1.165, 1.54) is 31.3 Å². The van der Waals surface area contributed by atoms with Crippen LogP contribution in [0.4, 0.5) is 15.4 Å². The molecule has 0 aromatic carbocycles. The Morgan fingerprint density at radius 3 is 2.60 bits per heavy atom. The molecule has 0 aliphatic carbocycles. The molecule has 0 unspecified atom stereocenters. The lowest BCUT2D eigenvalue weighted by molar-refractivity contribution is -0.154. The zero-order valence-electron chi connectivity index (χ0n) is 16.8. The number of nitrogens with one attached hydrogen (secondary N) is 1. The van der Waals surface area contributed by atoms with Crippen LogP contribution in [0, 0.1) is 5.92 Å². The van der Waals surface area contributed by atoms with Gasteiger partial charge in [0.2, 0.25) is 0 Å². The Bertz CT molecular complexity index is 884. The lowest BCUT2D eigenvalue weighted by Crippen LogP contribution is -2.35. The monoisotopic (exact) mass is 426 g/mol. The molecule has 3 heterocycles. The Balaban J connectivity index is 1.73. The molecule has 2 aliphatic rings. The Hall–Kier alpha value is -3.35. The summed E-state index contributed by atoms with van der Waals surface area (Å²) in [7, 11) is 2.98. The molecule has 4 atom stereocenters. The lowest BCUT2D eigenvalue weighted by Gasteiger charge is -2.19. The van der Waals surface area contributed by atoms with Crippen LogP contribution in [0.1, 0.15) is 20.1 Å². The zero-order valence-corrected chi connectivity index (χ0v) is 16.8. The van der Waals surface area contributed by atoms with Crippen LogP contribution in [0.2, 0.25) is 0 Å². The van der Waals surface area contributed by atoms with E-state index in [0.29, 0.717) is 0 Å². The largest absolute Gasteiger partial charge is 0.509 e. The van der Waals surface area contributed by atoms with Crippen molar-refractivity contribution in [1.82, 2.24) is 14.5 Å². The first-order valence-corrected chi connectivity index (χ1v) is 9.10. The molecule has 0 radical (unpaired) electrons. The molecular formula is C17H22N4O9. The van der Waals surface area contributed by atoms with E-state index in [2.05, 4.69) is 10.5 Å². The molecular weight excluding hydrogens is 404 g/mol. The van der Waals surface area contributed by atoms with Crippen LogP contribution >= 0.6 is 0 Å². The van der Waals surface area contributed by atoms with E-state index in [9.17, 15) is 19.2 Å². The number of carbonyl (C=O) groups is 3. The van der Waals surface area contributed by atoms with Crippen LogP contribution in [0.25, 0.3) is 0 Å². The van der Waals surface area contributed by atoms with Crippen molar-refractivity contribution < 1.29 is 38.2 Å². The first-order chi connectivity index (χ1) is 14.2. The predicted octanol–water partition coefficient (Wildman–Crippen LogP) is 0.269. The molecule has 0 spiro atoms. The van der Waals surface area contributed by atoms with Crippen molar-refractivity contribution in [2.75, 3.05) is 26.2 Å². The van der Waals surface area contributed by atoms with Gasteiger partial charge in [-0.1, -0.05) is 13.8 Å². The molecule has 13 heteroatoms. The smallest absolute Gasteiger partial charge is 0.463 e. The third-order valence-electron chi connectivity index (χ3n) is 4.32. The van der Waals surface area contributed by atoms with Crippen LogP contribution < -0.4 is 11.2 Å². The summed E-state index contributed by atoms with van der Waals surface area (Å²) >= 11 is 0. The van der Waals surface area contributed by atoms with Crippen LogP contribution in [0.5, 0.6) is 0 Å². The average Bonchev–Trinajstić information content (AvgIpc) is 3.21. The first-order valence-electron chi connectivity index (χ1n) is 9.10. The Labute approximate surface area is 170 Å². The van der Waals surface area contributed by atoms with Crippen molar-refractivity contribution >= 4 is 24.0 Å². The van der Waals surface area contributed by atoms with Crippen LogP contribution in [-0.4, -0.2) is 71.7 Å². The van der Waals surface area contributed by atoms with Gasteiger partial charge in [-0.2, -0.15) is 10.5 Å². The second-order valence-electron chi connectivity index (χ2n) is 7.13. The SMILES string of the molecule is CC(C)C(=O)OC[C@H]1O[C@@H](n2ccc(NOC(=O)N(C)C)nc2=O)[C@@H]2OC(=O)O[C@@H]21. The number of amides is 1. The molecule has 1 N–H and O–H groups in total. The summed E-state index contributed by atoms with van der Waals surface area (Å²) in [6.07, 6.45) is -3.90. The second-order valence-corrected chi connectivity index (χ2v) is 7.13. The number of hydrogen-bond acceptors (Lipinski definition) is 11. The maximum atomic E-state index is 12.5. The van der Waals surface area contributed by atoms with Crippen molar-refractivity contribution in [3.05, 3.63) is 22.7 Å². The van der Waals surface area contributed by atoms with Crippen molar-refractivity contribution in [3.8, 4) is 0 Å². The summed E-state index contributed by atoms with van der Waals surface area (Å²) in [6, 6.07) is 1.37. The van der Waals surface area contributed by atoms with Gasteiger partial charge in [0, 0.05) is 26.4 Å². The molecule has 164 valence electrons. The Kier molecular flexibility index (Phi) is 6.10. The highest BCUT2D eigenvalue weighted by Gasteiger charge is 2.55. The highest BCUT2D eigenvalue weighted by molar-refractivity contribution is 5.71. The summed E-state index contributed by atoms with van der Waals surface area (Å²) in [5.41, 5.74) is 1.51. The number of nitrogens with zero attached hydrogens (tertiary/aromatic N) is 3. The second kappa shape index (κ2) is 8.57. The number of fused-ring (bicyclic) bond motifs is 1. The van der Waals surface area contributed by atoms with E-state index in [0.717, 1.165) is 4.57 Å². The number of aromatic nitrogens is 2. The van der Waals surface area contributed by atoms with Gasteiger partial charge < -0.3 is 28.7 Å². The number of esters is 1. The minimum atomic E-state index is -1.04. The number of hydrogen-bond donors (Lipinski definition) is 1. The molecule has 1 amide bonds. The first kappa shape index (κ1) is 21.4. The predicted molar refractivity (Wildman–Crippen MR) is 97.1 cm³/mol. The van der Waals surface area contributed by atoms with E-state index in [1.54, 1.807) is 13.8 Å². The fourth-order valence-corrected chi connectivity index (χ4v) is 2.77. The van der Waals surface area contributed by atoms with E-state index in [1.807, 2.05) is 0 Å².